The second kappa shape index (κ2) is 7.39. The Hall–Kier alpha value is -1.41. The van der Waals surface area contributed by atoms with Crippen LogP contribution in [0.2, 0.25) is 0 Å². The maximum absolute atomic E-state index is 4.34. The van der Waals surface area contributed by atoms with Gasteiger partial charge in [-0.2, -0.15) is 5.10 Å². The Morgan fingerprint density at radius 1 is 1.40 bits per heavy atom. The highest BCUT2D eigenvalue weighted by Crippen LogP contribution is 2.18. The third-order valence-corrected chi connectivity index (χ3v) is 3.66. The van der Waals surface area contributed by atoms with Gasteiger partial charge in [0.05, 0.1) is 12.2 Å². The number of tetrazole rings is 1. The number of rotatable bonds is 8. The van der Waals surface area contributed by atoms with E-state index >= 15 is 0 Å². The maximum atomic E-state index is 4.34. The van der Waals surface area contributed by atoms with E-state index in [9.17, 15) is 0 Å². The van der Waals surface area contributed by atoms with E-state index in [1.807, 2.05) is 24.0 Å². The van der Waals surface area contributed by atoms with Gasteiger partial charge in [-0.1, -0.05) is 25.6 Å². The number of nitrogens with zero attached hydrogens (tertiary/aromatic N) is 6. The van der Waals surface area contributed by atoms with Crippen molar-refractivity contribution in [2.24, 2.45) is 13.0 Å². The van der Waals surface area contributed by atoms with Crippen molar-refractivity contribution >= 4 is 11.8 Å². The van der Waals surface area contributed by atoms with Gasteiger partial charge in [-0.05, 0) is 29.0 Å². The van der Waals surface area contributed by atoms with Gasteiger partial charge < -0.3 is 5.32 Å². The van der Waals surface area contributed by atoms with Crippen molar-refractivity contribution in [2.45, 2.75) is 31.3 Å². The summed E-state index contributed by atoms with van der Waals surface area (Å²) in [6, 6.07) is 2.01. The molecule has 2 heterocycles. The van der Waals surface area contributed by atoms with Crippen molar-refractivity contribution < 1.29 is 0 Å². The molecule has 0 radical (unpaired) electrons. The average Bonchev–Trinajstić information content (AvgIpc) is 3.01. The normalized spacial score (nSPS) is 11.4. The van der Waals surface area contributed by atoms with Crippen molar-refractivity contribution in [3.8, 4) is 0 Å². The van der Waals surface area contributed by atoms with Crippen LogP contribution >= 0.6 is 11.8 Å². The number of nitrogens with one attached hydrogen (secondary N) is 1. The molecular weight excluding hydrogens is 274 g/mol. The van der Waals surface area contributed by atoms with Gasteiger partial charge in [0, 0.05) is 25.5 Å². The lowest BCUT2D eigenvalue weighted by molar-refractivity contribution is 0.482. The largest absolute Gasteiger partial charge is 0.315 e. The van der Waals surface area contributed by atoms with E-state index in [0.717, 1.165) is 36.2 Å². The van der Waals surface area contributed by atoms with Crippen LogP contribution < -0.4 is 5.32 Å². The van der Waals surface area contributed by atoms with E-state index in [1.54, 1.807) is 16.4 Å². The van der Waals surface area contributed by atoms with Crippen LogP contribution in [-0.4, -0.2) is 43.1 Å². The minimum Gasteiger partial charge on any atom is -0.315 e. The quantitative estimate of drug-likeness (QED) is 0.577. The molecule has 20 heavy (non-hydrogen) atoms. The second-order valence-corrected chi connectivity index (χ2v) is 5.99. The SMILES string of the molecule is CC(C)CNCCn1nnnc1SCc1ccn(C)n1. The fraction of sp³-hybridized carbons (Fsp3) is 0.667. The molecule has 0 aliphatic heterocycles. The Morgan fingerprint density at radius 2 is 2.25 bits per heavy atom. The summed E-state index contributed by atoms with van der Waals surface area (Å²) in [5, 5.41) is 20.4. The molecule has 0 fully saturated rings. The minimum absolute atomic E-state index is 0.655. The number of aryl methyl sites for hydroxylation is 1. The lowest BCUT2D eigenvalue weighted by Crippen LogP contribution is -2.24. The molecule has 0 amide bonds. The van der Waals surface area contributed by atoms with E-state index in [-0.39, 0.29) is 0 Å². The fourth-order valence-corrected chi connectivity index (χ4v) is 2.50. The smallest absolute Gasteiger partial charge is 0.209 e. The molecule has 0 aliphatic carbocycles. The van der Waals surface area contributed by atoms with E-state index in [4.69, 9.17) is 0 Å². The fourth-order valence-electron chi connectivity index (χ4n) is 1.69. The molecule has 2 rings (SSSR count). The number of hydrogen-bond acceptors (Lipinski definition) is 6. The van der Waals surface area contributed by atoms with Crippen molar-refractivity contribution in [3.05, 3.63) is 18.0 Å². The van der Waals surface area contributed by atoms with Crippen LogP contribution in [0.1, 0.15) is 19.5 Å². The molecule has 1 N–H and O–H groups in total. The van der Waals surface area contributed by atoms with Crippen LogP contribution in [0.25, 0.3) is 0 Å². The first-order valence-corrected chi connectivity index (χ1v) is 7.72. The van der Waals surface area contributed by atoms with Gasteiger partial charge in [-0.15, -0.1) is 5.10 Å². The second-order valence-electron chi connectivity index (χ2n) is 5.05. The van der Waals surface area contributed by atoms with Crippen LogP contribution in [0.3, 0.4) is 0 Å². The van der Waals surface area contributed by atoms with Gasteiger partial charge in [-0.25, -0.2) is 4.68 Å². The first-order valence-electron chi connectivity index (χ1n) is 6.73. The van der Waals surface area contributed by atoms with Crippen LogP contribution in [0.15, 0.2) is 17.4 Å². The third-order valence-electron chi connectivity index (χ3n) is 2.67. The Morgan fingerprint density at radius 3 is 2.95 bits per heavy atom. The Kier molecular flexibility index (Phi) is 5.54. The molecule has 0 aromatic carbocycles. The molecule has 2 aromatic heterocycles. The zero-order valence-corrected chi connectivity index (χ0v) is 13.0. The van der Waals surface area contributed by atoms with Gasteiger partial charge in [0.1, 0.15) is 0 Å². The Bertz CT molecular complexity index is 519. The summed E-state index contributed by atoms with van der Waals surface area (Å²) in [7, 11) is 1.92. The Labute approximate surface area is 123 Å². The highest BCUT2D eigenvalue weighted by molar-refractivity contribution is 7.98. The molecule has 7 nitrogen and oxygen atoms in total. The van der Waals surface area contributed by atoms with Gasteiger partial charge in [0.2, 0.25) is 5.16 Å². The van der Waals surface area contributed by atoms with Crippen molar-refractivity contribution in [1.82, 2.24) is 35.3 Å². The first-order chi connectivity index (χ1) is 9.65. The molecule has 0 saturated carbocycles. The summed E-state index contributed by atoms with van der Waals surface area (Å²) in [5.74, 6) is 1.43. The summed E-state index contributed by atoms with van der Waals surface area (Å²) >= 11 is 1.61. The Balaban J connectivity index is 1.79. The monoisotopic (exact) mass is 295 g/mol. The molecule has 0 bridgehead atoms. The van der Waals surface area contributed by atoms with Gasteiger partial charge >= 0.3 is 0 Å². The molecular formula is C12H21N7S. The number of thioether (sulfide) groups is 1. The van der Waals surface area contributed by atoms with Gasteiger partial charge in [0.25, 0.3) is 0 Å². The predicted molar refractivity (Wildman–Crippen MR) is 78.3 cm³/mol. The van der Waals surface area contributed by atoms with E-state index in [1.165, 1.54) is 0 Å². The molecule has 8 heteroatoms. The zero-order valence-electron chi connectivity index (χ0n) is 12.2. The lowest BCUT2D eigenvalue weighted by atomic mass is 10.2. The topological polar surface area (TPSA) is 73.5 Å². The lowest BCUT2D eigenvalue weighted by Gasteiger charge is -2.07. The highest BCUT2D eigenvalue weighted by atomic mass is 32.2. The first kappa shape index (κ1) is 15.0. The summed E-state index contributed by atoms with van der Waals surface area (Å²) in [6.07, 6.45) is 1.94. The van der Waals surface area contributed by atoms with E-state index in [0.29, 0.717) is 5.92 Å². The van der Waals surface area contributed by atoms with E-state index < -0.39 is 0 Å². The molecule has 110 valence electrons. The van der Waals surface area contributed by atoms with Crippen molar-refractivity contribution in [3.63, 3.8) is 0 Å². The number of aromatic nitrogens is 6. The minimum atomic E-state index is 0.655. The molecule has 0 spiro atoms. The zero-order chi connectivity index (χ0) is 14.4. The van der Waals surface area contributed by atoms with Crippen molar-refractivity contribution in [1.29, 1.82) is 0 Å². The average molecular weight is 295 g/mol. The summed E-state index contributed by atoms with van der Waals surface area (Å²) in [6.45, 7) is 7.06. The molecule has 2 aromatic rings. The molecule has 0 unspecified atom stereocenters. The molecule has 0 aliphatic rings. The maximum Gasteiger partial charge on any atom is 0.209 e. The summed E-state index contributed by atoms with van der Waals surface area (Å²) < 4.78 is 3.63. The highest BCUT2D eigenvalue weighted by Gasteiger charge is 2.08. The van der Waals surface area contributed by atoms with Crippen molar-refractivity contribution in [2.75, 3.05) is 13.1 Å². The van der Waals surface area contributed by atoms with E-state index in [2.05, 4.69) is 39.8 Å². The summed E-state index contributed by atoms with van der Waals surface area (Å²) in [4.78, 5) is 0. The number of hydrogen-bond donors (Lipinski definition) is 1. The van der Waals surface area contributed by atoms with Gasteiger partial charge in [-0.3, -0.25) is 4.68 Å². The molecule has 0 saturated heterocycles. The van der Waals surface area contributed by atoms with Crippen LogP contribution in [0.5, 0.6) is 0 Å². The summed E-state index contributed by atoms with van der Waals surface area (Å²) in [5.41, 5.74) is 1.03. The van der Waals surface area contributed by atoms with Crippen LogP contribution in [0, 0.1) is 5.92 Å². The van der Waals surface area contributed by atoms with Gasteiger partial charge in [0.15, 0.2) is 0 Å². The van der Waals surface area contributed by atoms with Crippen LogP contribution in [-0.2, 0) is 19.3 Å². The third kappa shape index (κ3) is 4.61. The standard InChI is InChI=1S/C12H21N7S/c1-10(2)8-13-5-7-19-12(14-16-17-19)20-9-11-4-6-18(3)15-11/h4,6,10,13H,5,7-9H2,1-3H3. The van der Waals surface area contributed by atoms with Crippen LogP contribution in [0.4, 0.5) is 0 Å². The molecule has 0 atom stereocenters. The predicted octanol–water partition coefficient (Wildman–Crippen LogP) is 0.944.